The summed E-state index contributed by atoms with van der Waals surface area (Å²) in [6.07, 6.45) is 3.40. The summed E-state index contributed by atoms with van der Waals surface area (Å²) in [4.78, 5) is 4.68. The summed E-state index contributed by atoms with van der Waals surface area (Å²) in [5, 5.41) is 1.11. The lowest BCUT2D eigenvalue weighted by Gasteiger charge is -2.09. The third-order valence-electron chi connectivity index (χ3n) is 2.82. The minimum atomic E-state index is 0.696. The van der Waals surface area contributed by atoms with Crippen LogP contribution in [-0.2, 0) is 6.42 Å². The predicted octanol–water partition coefficient (Wildman–Crippen LogP) is 3.98. The third kappa shape index (κ3) is 2.76. The Balaban J connectivity index is 2.43. The number of fused-ring (bicyclic) bond motifs is 1. The monoisotopic (exact) mass is 229 g/mol. The number of nitrogens with zero attached hydrogens (tertiary/aromatic N) is 1. The normalized spacial score (nSPS) is 10.7. The van der Waals surface area contributed by atoms with Gasteiger partial charge in [-0.05, 0) is 31.9 Å². The van der Waals surface area contributed by atoms with Crippen LogP contribution in [0.1, 0.15) is 32.4 Å². The number of aromatic nitrogens is 1. The van der Waals surface area contributed by atoms with E-state index in [-0.39, 0.29) is 0 Å². The molecule has 1 heterocycles. The van der Waals surface area contributed by atoms with E-state index in [0.29, 0.717) is 6.61 Å². The van der Waals surface area contributed by atoms with Gasteiger partial charge in [-0.15, -0.1) is 0 Å². The summed E-state index contributed by atoms with van der Waals surface area (Å²) >= 11 is 0. The second-order valence-corrected chi connectivity index (χ2v) is 4.17. The summed E-state index contributed by atoms with van der Waals surface area (Å²) < 4.78 is 5.70. The minimum Gasteiger partial charge on any atom is -0.493 e. The van der Waals surface area contributed by atoms with Crippen molar-refractivity contribution < 1.29 is 4.74 Å². The maximum atomic E-state index is 5.70. The number of aryl methyl sites for hydroxylation is 1. The number of rotatable bonds is 5. The lowest BCUT2D eigenvalue weighted by molar-refractivity contribution is 0.343. The van der Waals surface area contributed by atoms with Gasteiger partial charge in [-0.1, -0.05) is 25.5 Å². The van der Waals surface area contributed by atoms with E-state index < -0.39 is 0 Å². The summed E-state index contributed by atoms with van der Waals surface area (Å²) in [7, 11) is 0. The molecule has 0 saturated heterocycles. The van der Waals surface area contributed by atoms with Gasteiger partial charge >= 0.3 is 0 Å². The van der Waals surface area contributed by atoms with Crippen molar-refractivity contribution in [2.24, 2.45) is 0 Å². The van der Waals surface area contributed by atoms with E-state index in [1.54, 1.807) is 0 Å². The maximum Gasteiger partial charge on any atom is 0.130 e. The van der Waals surface area contributed by atoms with E-state index in [4.69, 9.17) is 4.74 Å². The molecule has 90 valence electrons. The average Bonchev–Trinajstić information content (AvgIpc) is 2.37. The Labute approximate surface area is 103 Å². The SMILES string of the molecule is CCCCc1cc(OCC)c2ccccc2n1. The first kappa shape index (κ1) is 11.9. The third-order valence-corrected chi connectivity index (χ3v) is 2.82. The summed E-state index contributed by atoms with van der Waals surface area (Å²) in [5.41, 5.74) is 2.17. The molecule has 0 fully saturated rings. The summed E-state index contributed by atoms with van der Waals surface area (Å²) in [6.45, 7) is 4.91. The Kier molecular flexibility index (Phi) is 3.97. The molecule has 17 heavy (non-hydrogen) atoms. The zero-order chi connectivity index (χ0) is 12.1. The zero-order valence-corrected chi connectivity index (χ0v) is 10.6. The number of hydrogen-bond acceptors (Lipinski definition) is 2. The first-order valence-electron chi connectivity index (χ1n) is 6.36. The van der Waals surface area contributed by atoms with Crippen molar-refractivity contribution in [2.45, 2.75) is 33.1 Å². The Morgan fingerprint density at radius 2 is 2.00 bits per heavy atom. The molecule has 0 radical (unpaired) electrons. The quantitative estimate of drug-likeness (QED) is 0.773. The van der Waals surface area contributed by atoms with Gasteiger partial charge in [0.25, 0.3) is 0 Å². The number of unbranched alkanes of at least 4 members (excludes halogenated alkanes) is 1. The average molecular weight is 229 g/mol. The van der Waals surface area contributed by atoms with Crippen molar-refractivity contribution in [2.75, 3.05) is 6.61 Å². The zero-order valence-electron chi connectivity index (χ0n) is 10.6. The topological polar surface area (TPSA) is 22.1 Å². The second-order valence-electron chi connectivity index (χ2n) is 4.17. The van der Waals surface area contributed by atoms with Crippen molar-refractivity contribution in [1.82, 2.24) is 4.98 Å². The van der Waals surface area contributed by atoms with Crippen LogP contribution in [0.15, 0.2) is 30.3 Å². The number of pyridine rings is 1. The number of hydrogen-bond donors (Lipinski definition) is 0. The minimum absolute atomic E-state index is 0.696. The first-order valence-corrected chi connectivity index (χ1v) is 6.36. The van der Waals surface area contributed by atoms with E-state index >= 15 is 0 Å². The molecule has 0 atom stereocenters. The van der Waals surface area contributed by atoms with Gasteiger partial charge < -0.3 is 4.74 Å². The Morgan fingerprint density at radius 1 is 1.18 bits per heavy atom. The number of para-hydroxylation sites is 1. The van der Waals surface area contributed by atoms with Crippen molar-refractivity contribution in [3.63, 3.8) is 0 Å². The first-order chi connectivity index (χ1) is 8.35. The molecule has 0 N–H and O–H groups in total. The molecular weight excluding hydrogens is 210 g/mol. The van der Waals surface area contributed by atoms with Gasteiger partial charge in [0, 0.05) is 17.1 Å². The molecule has 0 amide bonds. The van der Waals surface area contributed by atoms with Gasteiger partial charge in [0.2, 0.25) is 0 Å². The van der Waals surface area contributed by atoms with Crippen molar-refractivity contribution >= 4 is 10.9 Å². The largest absolute Gasteiger partial charge is 0.493 e. The fraction of sp³-hybridized carbons (Fsp3) is 0.400. The van der Waals surface area contributed by atoms with Gasteiger partial charge in [-0.25, -0.2) is 0 Å². The molecule has 0 spiro atoms. The van der Waals surface area contributed by atoms with Crippen molar-refractivity contribution in [1.29, 1.82) is 0 Å². The predicted molar refractivity (Wildman–Crippen MR) is 71.5 cm³/mol. The lowest BCUT2D eigenvalue weighted by Crippen LogP contribution is -1.97. The molecule has 2 aromatic rings. The number of benzene rings is 1. The molecule has 0 saturated carbocycles. The van der Waals surface area contributed by atoms with Crippen LogP contribution in [-0.4, -0.2) is 11.6 Å². The molecular formula is C15H19NO. The summed E-state index contributed by atoms with van der Waals surface area (Å²) in [5.74, 6) is 0.962. The Morgan fingerprint density at radius 3 is 2.76 bits per heavy atom. The van der Waals surface area contributed by atoms with Gasteiger partial charge in [-0.2, -0.15) is 0 Å². The van der Waals surface area contributed by atoms with E-state index in [9.17, 15) is 0 Å². The van der Waals surface area contributed by atoms with Gasteiger partial charge in [0.05, 0.1) is 12.1 Å². The molecule has 2 heteroatoms. The number of ether oxygens (including phenoxy) is 1. The Hall–Kier alpha value is -1.57. The molecule has 0 unspecified atom stereocenters. The highest BCUT2D eigenvalue weighted by Gasteiger charge is 2.05. The van der Waals surface area contributed by atoms with Crippen LogP contribution < -0.4 is 4.74 Å². The van der Waals surface area contributed by atoms with E-state index in [2.05, 4.69) is 24.0 Å². The van der Waals surface area contributed by atoms with E-state index in [1.807, 2.05) is 25.1 Å². The van der Waals surface area contributed by atoms with E-state index in [1.165, 1.54) is 12.8 Å². The van der Waals surface area contributed by atoms with Gasteiger partial charge in [0.1, 0.15) is 5.75 Å². The Bertz CT molecular complexity index is 493. The van der Waals surface area contributed by atoms with Crippen LogP contribution in [0.5, 0.6) is 5.75 Å². The van der Waals surface area contributed by atoms with Gasteiger partial charge in [0.15, 0.2) is 0 Å². The van der Waals surface area contributed by atoms with Crippen LogP contribution in [0.4, 0.5) is 0 Å². The maximum absolute atomic E-state index is 5.70. The van der Waals surface area contributed by atoms with Crippen LogP contribution in [0.3, 0.4) is 0 Å². The van der Waals surface area contributed by atoms with Crippen LogP contribution >= 0.6 is 0 Å². The fourth-order valence-electron chi connectivity index (χ4n) is 1.96. The van der Waals surface area contributed by atoms with Crippen LogP contribution in [0.25, 0.3) is 10.9 Å². The summed E-state index contributed by atoms with van der Waals surface area (Å²) in [6, 6.07) is 10.2. The molecule has 1 aromatic heterocycles. The fourth-order valence-corrected chi connectivity index (χ4v) is 1.96. The molecule has 0 aliphatic rings. The molecule has 2 rings (SSSR count). The molecule has 0 bridgehead atoms. The molecule has 0 aliphatic heterocycles. The lowest BCUT2D eigenvalue weighted by atomic mass is 10.1. The molecule has 2 nitrogen and oxygen atoms in total. The van der Waals surface area contributed by atoms with Gasteiger partial charge in [-0.3, -0.25) is 4.98 Å². The van der Waals surface area contributed by atoms with Crippen molar-refractivity contribution in [3.05, 3.63) is 36.0 Å². The van der Waals surface area contributed by atoms with Crippen LogP contribution in [0.2, 0.25) is 0 Å². The highest BCUT2D eigenvalue weighted by molar-refractivity contribution is 5.85. The van der Waals surface area contributed by atoms with Crippen LogP contribution in [0, 0.1) is 0 Å². The standard InChI is InChI=1S/C15H19NO/c1-3-5-8-12-11-15(17-4-2)13-9-6-7-10-14(13)16-12/h6-7,9-11H,3-5,8H2,1-2H3. The molecule has 0 aliphatic carbocycles. The highest BCUT2D eigenvalue weighted by atomic mass is 16.5. The van der Waals surface area contributed by atoms with Crippen molar-refractivity contribution in [3.8, 4) is 5.75 Å². The molecule has 1 aromatic carbocycles. The highest BCUT2D eigenvalue weighted by Crippen LogP contribution is 2.25. The van der Waals surface area contributed by atoms with E-state index in [0.717, 1.165) is 28.8 Å². The second kappa shape index (κ2) is 5.67. The smallest absolute Gasteiger partial charge is 0.130 e.